The number of amides is 2. The van der Waals surface area contributed by atoms with Crippen LogP contribution >= 0.6 is 0 Å². The van der Waals surface area contributed by atoms with Crippen molar-refractivity contribution in [1.82, 2.24) is 5.32 Å². The van der Waals surface area contributed by atoms with Gasteiger partial charge in [0.15, 0.2) is 11.6 Å². The number of hydrogen-bond donors (Lipinski definition) is 2. The largest absolute Gasteiger partial charge is 0.490 e. The highest BCUT2D eigenvalue weighted by Crippen LogP contribution is 2.30. The Bertz CT molecular complexity index is 803. The summed E-state index contributed by atoms with van der Waals surface area (Å²) in [7, 11) is 0. The number of ether oxygens (including phenoxy) is 1. The van der Waals surface area contributed by atoms with Crippen molar-refractivity contribution in [3.63, 3.8) is 0 Å². The fourth-order valence-corrected chi connectivity index (χ4v) is 2.66. The minimum absolute atomic E-state index is 0.0685. The average Bonchev–Trinajstić information content (AvgIpc) is 3.49. The van der Waals surface area contributed by atoms with Gasteiger partial charge in [-0.3, -0.25) is 9.59 Å². The van der Waals surface area contributed by atoms with E-state index >= 15 is 0 Å². The van der Waals surface area contributed by atoms with Gasteiger partial charge < -0.3 is 15.4 Å². The van der Waals surface area contributed by atoms with Crippen LogP contribution in [-0.4, -0.2) is 18.4 Å². The van der Waals surface area contributed by atoms with Crippen molar-refractivity contribution >= 4 is 17.5 Å². The molecule has 3 rings (SSSR count). The van der Waals surface area contributed by atoms with Gasteiger partial charge in [0.1, 0.15) is 0 Å². The molecule has 5 nitrogen and oxygen atoms in total. The number of halogens is 1. The smallest absolute Gasteiger partial charge is 0.227 e. The fourth-order valence-electron chi connectivity index (χ4n) is 2.66. The van der Waals surface area contributed by atoms with Crippen molar-refractivity contribution in [1.29, 1.82) is 0 Å². The summed E-state index contributed by atoms with van der Waals surface area (Å²) < 4.78 is 18.7. The Labute approximate surface area is 157 Å². The van der Waals surface area contributed by atoms with Gasteiger partial charge in [-0.1, -0.05) is 24.3 Å². The Morgan fingerprint density at radius 3 is 2.52 bits per heavy atom. The van der Waals surface area contributed by atoms with Gasteiger partial charge in [0.05, 0.1) is 19.1 Å². The number of carbonyl (C=O) groups is 2. The van der Waals surface area contributed by atoms with Gasteiger partial charge in [-0.15, -0.1) is 0 Å². The Morgan fingerprint density at radius 2 is 1.85 bits per heavy atom. The van der Waals surface area contributed by atoms with Crippen molar-refractivity contribution in [2.75, 3.05) is 11.9 Å². The van der Waals surface area contributed by atoms with Gasteiger partial charge >= 0.3 is 0 Å². The summed E-state index contributed by atoms with van der Waals surface area (Å²) in [6, 6.07) is 13.3. The third kappa shape index (κ3) is 5.54. The number of nitrogens with one attached hydrogen (secondary N) is 2. The van der Waals surface area contributed by atoms with Crippen molar-refractivity contribution in [3.8, 4) is 5.75 Å². The first-order valence-electron chi connectivity index (χ1n) is 9.10. The number of rotatable bonds is 8. The van der Waals surface area contributed by atoms with E-state index in [2.05, 4.69) is 10.6 Å². The molecular weight excluding hydrogens is 347 g/mol. The lowest BCUT2D eigenvalue weighted by molar-refractivity contribution is -0.122. The van der Waals surface area contributed by atoms with Crippen LogP contribution in [0.3, 0.4) is 0 Å². The molecule has 2 N–H and O–H groups in total. The third-order valence-electron chi connectivity index (χ3n) is 4.43. The molecule has 0 aliphatic heterocycles. The molecule has 0 heterocycles. The maximum absolute atomic E-state index is 13.5. The quantitative estimate of drug-likeness (QED) is 0.742. The Morgan fingerprint density at radius 1 is 1.15 bits per heavy atom. The molecule has 1 atom stereocenters. The monoisotopic (exact) mass is 370 g/mol. The van der Waals surface area contributed by atoms with Gasteiger partial charge in [0.2, 0.25) is 11.8 Å². The molecule has 2 aromatic carbocycles. The maximum atomic E-state index is 13.5. The predicted molar refractivity (Wildman–Crippen MR) is 101 cm³/mol. The summed E-state index contributed by atoms with van der Waals surface area (Å²) >= 11 is 0. The summed E-state index contributed by atoms with van der Waals surface area (Å²) in [5, 5.41) is 5.77. The highest BCUT2D eigenvalue weighted by molar-refractivity contribution is 5.94. The molecule has 0 bridgehead atoms. The molecule has 27 heavy (non-hydrogen) atoms. The van der Waals surface area contributed by atoms with Crippen LogP contribution in [0.2, 0.25) is 0 Å². The average molecular weight is 370 g/mol. The molecule has 1 unspecified atom stereocenters. The lowest BCUT2D eigenvalue weighted by atomic mass is 10.1. The molecule has 1 aliphatic rings. The molecule has 6 heteroatoms. The van der Waals surface area contributed by atoms with E-state index in [0.717, 1.165) is 24.1 Å². The first-order valence-corrected chi connectivity index (χ1v) is 9.10. The number of hydrogen-bond acceptors (Lipinski definition) is 3. The van der Waals surface area contributed by atoms with Crippen LogP contribution in [0.1, 0.15) is 37.8 Å². The SMILES string of the molecule is CC(NC(=O)CCOc1ccccc1F)c1ccc(NC(=O)C2CC2)cc1. The molecule has 1 saturated carbocycles. The first-order chi connectivity index (χ1) is 13.0. The van der Waals surface area contributed by atoms with Crippen molar-refractivity contribution < 1.29 is 18.7 Å². The van der Waals surface area contributed by atoms with Crippen LogP contribution in [0.4, 0.5) is 10.1 Å². The minimum Gasteiger partial charge on any atom is -0.490 e. The zero-order valence-electron chi connectivity index (χ0n) is 15.2. The lowest BCUT2D eigenvalue weighted by Crippen LogP contribution is -2.27. The second-order valence-corrected chi connectivity index (χ2v) is 6.70. The van der Waals surface area contributed by atoms with Crippen LogP contribution in [0.5, 0.6) is 5.75 Å². The van der Waals surface area contributed by atoms with Gasteiger partial charge in [0.25, 0.3) is 0 Å². The Balaban J connectivity index is 1.43. The first kappa shape index (κ1) is 18.9. The normalized spacial score (nSPS) is 14.3. The highest BCUT2D eigenvalue weighted by atomic mass is 19.1. The predicted octanol–water partition coefficient (Wildman–Crippen LogP) is 3.82. The fraction of sp³-hybridized carbons (Fsp3) is 0.333. The molecule has 0 saturated heterocycles. The van der Waals surface area contributed by atoms with E-state index in [1.54, 1.807) is 12.1 Å². The Hall–Kier alpha value is -2.89. The van der Waals surface area contributed by atoms with Crippen molar-refractivity contribution in [2.24, 2.45) is 5.92 Å². The van der Waals surface area contributed by atoms with Crippen LogP contribution in [0.25, 0.3) is 0 Å². The maximum Gasteiger partial charge on any atom is 0.227 e. The van der Waals surface area contributed by atoms with Crippen LogP contribution in [0, 0.1) is 11.7 Å². The van der Waals surface area contributed by atoms with Crippen molar-refractivity contribution in [3.05, 3.63) is 59.9 Å². The second-order valence-electron chi connectivity index (χ2n) is 6.70. The second kappa shape index (κ2) is 8.66. The molecule has 2 amide bonds. The van der Waals surface area contributed by atoms with Gasteiger partial charge in [-0.05, 0) is 49.6 Å². The summed E-state index contributed by atoms with van der Waals surface area (Å²) in [4.78, 5) is 23.8. The highest BCUT2D eigenvalue weighted by Gasteiger charge is 2.29. The molecule has 142 valence electrons. The number of anilines is 1. The minimum atomic E-state index is -0.444. The van der Waals surface area contributed by atoms with E-state index in [9.17, 15) is 14.0 Å². The van der Waals surface area contributed by atoms with Gasteiger partial charge in [-0.2, -0.15) is 0 Å². The molecular formula is C21H23FN2O3. The topological polar surface area (TPSA) is 67.4 Å². The van der Waals surface area contributed by atoms with E-state index in [4.69, 9.17) is 4.74 Å². The standard InChI is InChI=1S/C21H23FN2O3/c1-14(15-8-10-17(11-9-15)24-21(26)16-6-7-16)23-20(25)12-13-27-19-5-3-2-4-18(19)22/h2-5,8-11,14,16H,6-7,12-13H2,1H3,(H,23,25)(H,24,26). The number of para-hydroxylation sites is 1. The summed E-state index contributed by atoms with van der Waals surface area (Å²) in [5.74, 6) is -0.249. The van der Waals surface area contributed by atoms with Gasteiger partial charge in [-0.25, -0.2) is 4.39 Å². The van der Waals surface area contributed by atoms with Crippen LogP contribution in [0.15, 0.2) is 48.5 Å². The zero-order chi connectivity index (χ0) is 19.2. The van der Waals surface area contributed by atoms with E-state index < -0.39 is 5.82 Å². The van der Waals surface area contributed by atoms with E-state index in [-0.39, 0.29) is 42.6 Å². The summed E-state index contributed by atoms with van der Waals surface area (Å²) in [5.41, 5.74) is 1.69. The van der Waals surface area contributed by atoms with E-state index in [0.29, 0.717) is 0 Å². The lowest BCUT2D eigenvalue weighted by Gasteiger charge is -2.15. The molecule has 0 radical (unpaired) electrons. The van der Waals surface area contributed by atoms with E-state index in [1.165, 1.54) is 12.1 Å². The zero-order valence-corrected chi connectivity index (χ0v) is 15.2. The third-order valence-corrected chi connectivity index (χ3v) is 4.43. The molecule has 0 aromatic heterocycles. The van der Waals surface area contributed by atoms with E-state index in [1.807, 2.05) is 31.2 Å². The number of carbonyl (C=O) groups excluding carboxylic acids is 2. The molecule has 0 spiro atoms. The summed E-state index contributed by atoms with van der Waals surface area (Å²) in [6.07, 6.45) is 2.06. The van der Waals surface area contributed by atoms with Crippen LogP contribution < -0.4 is 15.4 Å². The van der Waals surface area contributed by atoms with Gasteiger partial charge in [0, 0.05) is 11.6 Å². The Kier molecular flexibility index (Phi) is 6.06. The summed E-state index contributed by atoms with van der Waals surface area (Å²) in [6.45, 7) is 1.99. The van der Waals surface area contributed by atoms with Crippen LogP contribution in [-0.2, 0) is 9.59 Å². The molecule has 2 aromatic rings. The molecule has 1 fully saturated rings. The number of benzene rings is 2. The molecule has 1 aliphatic carbocycles. The van der Waals surface area contributed by atoms with Crippen molar-refractivity contribution in [2.45, 2.75) is 32.2 Å².